The van der Waals surface area contributed by atoms with E-state index < -0.39 is 0 Å². The Balaban J connectivity index is -0.000000185. The fourth-order valence-electron chi connectivity index (χ4n) is 3.33. The van der Waals surface area contributed by atoms with Gasteiger partial charge in [0, 0.05) is 0 Å². The van der Waals surface area contributed by atoms with Crippen LogP contribution in [0.3, 0.4) is 0 Å². The van der Waals surface area contributed by atoms with Crippen molar-refractivity contribution in [3.05, 3.63) is 24.8 Å². The fourth-order valence-corrected chi connectivity index (χ4v) is 3.33. The van der Waals surface area contributed by atoms with Gasteiger partial charge in [0.05, 0.1) is 0 Å². The quantitative estimate of drug-likeness (QED) is 0.147. The highest BCUT2D eigenvalue weighted by atomic mass is 14.7. The highest BCUT2D eigenvalue weighted by Gasteiger charge is 1.93. The average Bonchev–Trinajstić information content (AvgIpc) is 2.79. The maximum atomic E-state index is 3.90. The summed E-state index contributed by atoms with van der Waals surface area (Å²) in [6.45, 7) is 21.1. The van der Waals surface area contributed by atoms with E-state index in [0.29, 0.717) is 0 Å². The van der Waals surface area contributed by atoms with Gasteiger partial charge in [0.25, 0.3) is 0 Å². The van der Waals surface area contributed by atoms with Crippen molar-refractivity contribution in [3.63, 3.8) is 0 Å². The summed E-state index contributed by atoms with van der Waals surface area (Å²) < 4.78 is 0. The van der Waals surface area contributed by atoms with Crippen LogP contribution in [0.5, 0.6) is 0 Å². The summed E-state index contributed by atoms with van der Waals surface area (Å²) in [6.07, 6.45) is 28.2. The Morgan fingerprint density at radius 3 is 1.39 bits per heavy atom. The minimum absolute atomic E-state index is 0.949. The van der Waals surface area contributed by atoms with Crippen molar-refractivity contribution >= 4 is 0 Å². The van der Waals surface area contributed by atoms with Crippen LogP contribution in [0.4, 0.5) is 0 Å². The van der Waals surface area contributed by atoms with E-state index in [9.17, 15) is 0 Å². The van der Waals surface area contributed by atoms with Crippen LogP contribution in [-0.4, -0.2) is 14.1 Å². The molecule has 0 aromatic heterocycles. The molecule has 0 spiro atoms. The molecule has 1 N–H and O–H groups in total. The van der Waals surface area contributed by atoms with E-state index in [4.69, 9.17) is 0 Å². The van der Waals surface area contributed by atoms with Gasteiger partial charge >= 0.3 is 0 Å². The van der Waals surface area contributed by atoms with Crippen molar-refractivity contribution in [1.82, 2.24) is 5.32 Å². The Kier molecular flexibility index (Phi) is 50.1. The maximum Gasteiger partial charge on any atom is -0.0167 e. The van der Waals surface area contributed by atoms with Crippen molar-refractivity contribution < 1.29 is 0 Å². The minimum atomic E-state index is 0.949. The Hall–Kier alpha value is -0.560. The highest BCUT2D eigenvalue weighted by Crippen LogP contribution is 2.11. The van der Waals surface area contributed by atoms with Gasteiger partial charge in [-0.25, -0.2) is 0 Å². The van der Waals surface area contributed by atoms with E-state index in [1.807, 2.05) is 20.2 Å². The summed E-state index contributed by atoms with van der Waals surface area (Å²) in [5.74, 6) is 0.949. The van der Waals surface area contributed by atoms with Gasteiger partial charge in [-0.3, -0.25) is 0 Å². The van der Waals surface area contributed by atoms with Crippen LogP contribution in [0.2, 0.25) is 0 Å². The third-order valence-corrected chi connectivity index (χ3v) is 5.70. The number of hydrogen-bond donors (Lipinski definition) is 1. The summed E-state index contributed by atoms with van der Waals surface area (Å²) in [6, 6.07) is 0. The molecular weight excluding hydrogens is 398 g/mol. The normalized spacial score (nSPS) is 10.5. The Labute approximate surface area is 213 Å². The number of nitrogens with one attached hydrogen (secondary N) is 1. The highest BCUT2D eigenvalue weighted by molar-refractivity contribution is 4.86. The van der Waals surface area contributed by atoms with E-state index in [2.05, 4.69) is 60.0 Å². The topological polar surface area (TPSA) is 12.0 Å². The van der Waals surface area contributed by atoms with Gasteiger partial charge in [-0.2, -0.15) is 0 Å². The number of hydrogen-bond acceptors (Lipinski definition) is 1. The molecule has 0 rings (SSSR count). The zero-order valence-electron chi connectivity index (χ0n) is 25.0. The van der Waals surface area contributed by atoms with Crippen molar-refractivity contribution in [2.24, 2.45) is 5.92 Å². The third-order valence-electron chi connectivity index (χ3n) is 5.70. The van der Waals surface area contributed by atoms with Crippen LogP contribution < -0.4 is 5.32 Å². The first-order valence-electron chi connectivity index (χ1n) is 14.7. The molecule has 202 valence electrons. The summed E-state index contributed by atoms with van der Waals surface area (Å²) in [5, 5.41) is 2.75. The molecule has 0 aliphatic rings. The predicted octanol–water partition coefficient (Wildman–Crippen LogP) is 11.7. The third kappa shape index (κ3) is 59.3. The Bertz CT molecular complexity index is 320. The molecule has 0 heterocycles. The molecule has 0 aliphatic carbocycles. The van der Waals surface area contributed by atoms with Gasteiger partial charge in [0.1, 0.15) is 0 Å². The largest absolute Gasteiger partial charge is 0.323 e. The first-order chi connectivity index (χ1) is 15.9. The van der Waals surface area contributed by atoms with Crippen molar-refractivity contribution in [2.75, 3.05) is 14.1 Å². The second-order valence-electron chi connectivity index (χ2n) is 9.83. The van der Waals surface area contributed by atoms with E-state index in [1.165, 1.54) is 128 Å². The molecule has 0 fully saturated rings. The van der Waals surface area contributed by atoms with Crippen LogP contribution in [0.15, 0.2) is 24.8 Å². The van der Waals surface area contributed by atoms with Crippen LogP contribution >= 0.6 is 0 Å². The van der Waals surface area contributed by atoms with E-state index >= 15 is 0 Å². The van der Waals surface area contributed by atoms with Gasteiger partial charge in [0.2, 0.25) is 0 Å². The molecule has 0 aliphatic heterocycles. The molecule has 0 radical (unpaired) electrons. The molecule has 0 saturated carbocycles. The molecule has 0 aromatic carbocycles. The zero-order valence-corrected chi connectivity index (χ0v) is 25.0. The molecule has 0 aromatic rings. The minimum Gasteiger partial charge on any atom is -0.323 e. The van der Waals surface area contributed by atoms with Gasteiger partial charge in [0.15, 0.2) is 0 Å². The molecular formula is C32H69N. The summed E-state index contributed by atoms with van der Waals surface area (Å²) >= 11 is 0. The molecule has 1 heteroatoms. The number of allylic oxidation sites excluding steroid dienone is 2. The SMILES string of the molecule is C=C(C)CCCCCCCCC.C=CCCCCCCCCC.CCCC(C)CC.CNC. The lowest BCUT2D eigenvalue weighted by molar-refractivity contribution is 0.509. The summed E-state index contributed by atoms with van der Waals surface area (Å²) in [7, 11) is 3.75. The fraction of sp³-hybridized carbons (Fsp3) is 0.875. The van der Waals surface area contributed by atoms with Crippen LogP contribution in [0.1, 0.15) is 164 Å². The maximum absolute atomic E-state index is 3.90. The average molecular weight is 468 g/mol. The molecule has 1 atom stereocenters. The van der Waals surface area contributed by atoms with Crippen LogP contribution in [0, 0.1) is 5.92 Å². The number of unbranched alkanes of at least 4 members (excludes halogenated alkanes) is 13. The molecule has 1 nitrogen and oxygen atoms in total. The van der Waals surface area contributed by atoms with Crippen LogP contribution in [-0.2, 0) is 0 Å². The van der Waals surface area contributed by atoms with Gasteiger partial charge in [-0.05, 0) is 52.6 Å². The zero-order chi connectivity index (χ0) is 26.0. The smallest absolute Gasteiger partial charge is 0.0167 e. The molecule has 33 heavy (non-hydrogen) atoms. The lowest BCUT2D eigenvalue weighted by atomic mass is 10.0. The number of rotatable bonds is 19. The van der Waals surface area contributed by atoms with Crippen LogP contribution in [0.25, 0.3) is 0 Å². The van der Waals surface area contributed by atoms with E-state index in [0.717, 1.165) is 5.92 Å². The lowest BCUT2D eigenvalue weighted by Crippen LogP contribution is -1.89. The van der Waals surface area contributed by atoms with E-state index in [1.54, 1.807) is 0 Å². The second-order valence-corrected chi connectivity index (χ2v) is 9.83. The second kappa shape index (κ2) is 41.7. The first kappa shape index (κ1) is 39.6. The Morgan fingerprint density at radius 2 is 1.09 bits per heavy atom. The molecule has 0 bridgehead atoms. The summed E-state index contributed by atoms with van der Waals surface area (Å²) in [5.41, 5.74) is 1.34. The lowest BCUT2D eigenvalue weighted by Gasteiger charge is -2.02. The van der Waals surface area contributed by atoms with Gasteiger partial charge < -0.3 is 5.32 Å². The van der Waals surface area contributed by atoms with Crippen molar-refractivity contribution in [2.45, 2.75) is 164 Å². The van der Waals surface area contributed by atoms with Gasteiger partial charge in [-0.1, -0.05) is 143 Å². The first-order valence-corrected chi connectivity index (χ1v) is 14.7. The molecule has 1 unspecified atom stereocenters. The summed E-state index contributed by atoms with van der Waals surface area (Å²) in [4.78, 5) is 0. The predicted molar refractivity (Wildman–Crippen MR) is 160 cm³/mol. The van der Waals surface area contributed by atoms with Crippen molar-refractivity contribution in [3.8, 4) is 0 Å². The van der Waals surface area contributed by atoms with Crippen molar-refractivity contribution in [1.29, 1.82) is 0 Å². The van der Waals surface area contributed by atoms with Gasteiger partial charge in [-0.15, -0.1) is 13.2 Å². The Morgan fingerprint density at radius 1 is 0.697 bits per heavy atom. The van der Waals surface area contributed by atoms with E-state index in [-0.39, 0.29) is 0 Å². The molecule has 0 amide bonds. The molecule has 0 saturated heterocycles. The monoisotopic (exact) mass is 468 g/mol. The standard InChI is InChI=1S/C12H24.C11H22.C7H16.C2H7N/c1-4-5-6-7-8-9-10-11-12(2)3;1-3-5-7-9-11-10-8-6-4-2;1-4-6-7(3)5-2;1-3-2/h2,4-11H2,1,3H3;3H,1,4-11H2,2H3;7H,4-6H2,1-3H3;3H,1-2H3.